The lowest BCUT2D eigenvalue weighted by atomic mass is 10.0. The molecular weight excluding hydrogens is 218 g/mol. The molecule has 1 heterocycles. The standard InChI is InChI=1S/C17H15N/c1-12-6-3-4-9-15(12)16-11-10-14-8-5-7-13(2)17(14)18-16/h3-11H,1-2H3. The smallest absolute Gasteiger partial charge is 0.0738 e. The van der Waals surface area contributed by atoms with Crippen LogP contribution in [0, 0.1) is 13.8 Å². The van der Waals surface area contributed by atoms with Crippen molar-refractivity contribution in [1.82, 2.24) is 4.98 Å². The van der Waals surface area contributed by atoms with E-state index in [9.17, 15) is 0 Å². The molecule has 0 unspecified atom stereocenters. The van der Waals surface area contributed by atoms with Crippen LogP contribution in [0.1, 0.15) is 11.1 Å². The molecular formula is C17H15N. The maximum Gasteiger partial charge on any atom is 0.0738 e. The van der Waals surface area contributed by atoms with Gasteiger partial charge in [-0.05, 0) is 31.0 Å². The molecule has 0 aliphatic carbocycles. The zero-order valence-corrected chi connectivity index (χ0v) is 10.6. The van der Waals surface area contributed by atoms with Gasteiger partial charge in [0.1, 0.15) is 0 Å². The van der Waals surface area contributed by atoms with Gasteiger partial charge in [0, 0.05) is 10.9 Å². The molecule has 1 nitrogen and oxygen atoms in total. The molecule has 0 aliphatic heterocycles. The van der Waals surface area contributed by atoms with Crippen molar-refractivity contribution in [2.75, 3.05) is 0 Å². The first-order chi connectivity index (χ1) is 8.75. The Balaban J connectivity index is 2.26. The third-order valence-electron chi connectivity index (χ3n) is 3.34. The van der Waals surface area contributed by atoms with Crippen LogP contribution < -0.4 is 0 Å². The predicted octanol–water partition coefficient (Wildman–Crippen LogP) is 4.52. The Labute approximate surface area is 107 Å². The van der Waals surface area contributed by atoms with Crippen LogP contribution in [-0.4, -0.2) is 4.98 Å². The fourth-order valence-corrected chi connectivity index (χ4v) is 2.31. The second kappa shape index (κ2) is 4.26. The third-order valence-corrected chi connectivity index (χ3v) is 3.34. The monoisotopic (exact) mass is 233 g/mol. The summed E-state index contributed by atoms with van der Waals surface area (Å²) in [5.41, 5.74) is 5.84. The molecule has 3 rings (SSSR count). The summed E-state index contributed by atoms with van der Waals surface area (Å²) in [6, 6.07) is 18.9. The van der Waals surface area contributed by atoms with Gasteiger partial charge in [-0.1, -0.05) is 48.5 Å². The first-order valence-electron chi connectivity index (χ1n) is 6.18. The molecule has 1 aromatic heterocycles. The van der Waals surface area contributed by atoms with Crippen molar-refractivity contribution in [2.45, 2.75) is 13.8 Å². The first-order valence-corrected chi connectivity index (χ1v) is 6.18. The van der Waals surface area contributed by atoms with E-state index in [-0.39, 0.29) is 0 Å². The van der Waals surface area contributed by atoms with E-state index < -0.39 is 0 Å². The van der Waals surface area contributed by atoms with Crippen molar-refractivity contribution in [2.24, 2.45) is 0 Å². The Bertz CT molecular complexity index is 714. The molecule has 0 radical (unpaired) electrons. The average molecular weight is 233 g/mol. The summed E-state index contributed by atoms with van der Waals surface area (Å²) in [7, 11) is 0. The number of aryl methyl sites for hydroxylation is 2. The lowest BCUT2D eigenvalue weighted by Crippen LogP contribution is -1.89. The van der Waals surface area contributed by atoms with Gasteiger partial charge in [0.15, 0.2) is 0 Å². The zero-order valence-electron chi connectivity index (χ0n) is 10.6. The Kier molecular flexibility index (Phi) is 2.60. The third kappa shape index (κ3) is 1.78. The molecule has 3 aromatic rings. The molecule has 0 aliphatic rings. The quantitative estimate of drug-likeness (QED) is 0.602. The van der Waals surface area contributed by atoms with E-state index in [0.29, 0.717) is 0 Å². The van der Waals surface area contributed by atoms with Gasteiger partial charge in [-0.25, -0.2) is 4.98 Å². The summed E-state index contributed by atoms with van der Waals surface area (Å²) >= 11 is 0. The summed E-state index contributed by atoms with van der Waals surface area (Å²) in [6.45, 7) is 4.23. The number of hydrogen-bond donors (Lipinski definition) is 0. The minimum absolute atomic E-state index is 1.05. The highest BCUT2D eigenvalue weighted by Gasteiger charge is 2.04. The van der Waals surface area contributed by atoms with E-state index >= 15 is 0 Å². The maximum absolute atomic E-state index is 4.81. The summed E-state index contributed by atoms with van der Waals surface area (Å²) in [4.78, 5) is 4.81. The van der Waals surface area contributed by atoms with Gasteiger partial charge in [-0.15, -0.1) is 0 Å². The summed E-state index contributed by atoms with van der Waals surface area (Å²) < 4.78 is 0. The fourth-order valence-electron chi connectivity index (χ4n) is 2.31. The molecule has 0 bridgehead atoms. The van der Waals surface area contributed by atoms with E-state index in [2.05, 4.69) is 68.4 Å². The molecule has 0 atom stereocenters. The highest BCUT2D eigenvalue weighted by atomic mass is 14.7. The summed E-state index contributed by atoms with van der Waals surface area (Å²) in [5.74, 6) is 0. The topological polar surface area (TPSA) is 12.9 Å². The van der Waals surface area contributed by atoms with E-state index in [0.717, 1.165) is 11.2 Å². The van der Waals surface area contributed by atoms with Crippen molar-refractivity contribution in [3.05, 3.63) is 65.7 Å². The minimum Gasteiger partial charge on any atom is -0.248 e. The van der Waals surface area contributed by atoms with Crippen LogP contribution in [0.2, 0.25) is 0 Å². The Morgan fingerprint density at radius 2 is 1.50 bits per heavy atom. The number of rotatable bonds is 1. The van der Waals surface area contributed by atoms with Gasteiger partial charge in [-0.3, -0.25) is 0 Å². The normalized spacial score (nSPS) is 10.8. The van der Waals surface area contributed by atoms with Crippen LogP contribution in [0.25, 0.3) is 22.2 Å². The molecule has 2 aromatic carbocycles. The lowest BCUT2D eigenvalue weighted by Gasteiger charge is -2.07. The maximum atomic E-state index is 4.81. The number of fused-ring (bicyclic) bond motifs is 1. The number of benzene rings is 2. The second-order valence-corrected chi connectivity index (χ2v) is 4.66. The number of pyridine rings is 1. The highest BCUT2D eigenvalue weighted by molar-refractivity contribution is 5.84. The first kappa shape index (κ1) is 11.0. The Hall–Kier alpha value is -2.15. The van der Waals surface area contributed by atoms with Crippen LogP contribution in [0.5, 0.6) is 0 Å². The van der Waals surface area contributed by atoms with Crippen molar-refractivity contribution in [3.8, 4) is 11.3 Å². The van der Waals surface area contributed by atoms with Crippen LogP contribution in [0.3, 0.4) is 0 Å². The largest absolute Gasteiger partial charge is 0.248 e. The molecule has 0 saturated heterocycles. The average Bonchev–Trinajstić information content (AvgIpc) is 2.40. The van der Waals surface area contributed by atoms with Gasteiger partial charge >= 0.3 is 0 Å². The Morgan fingerprint density at radius 3 is 2.33 bits per heavy atom. The molecule has 0 saturated carbocycles. The van der Waals surface area contributed by atoms with Crippen molar-refractivity contribution in [1.29, 1.82) is 0 Å². The zero-order chi connectivity index (χ0) is 12.5. The van der Waals surface area contributed by atoms with E-state index in [1.54, 1.807) is 0 Å². The molecule has 0 amide bonds. The molecule has 0 fully saturated rings. The summed E-state index contributed by atoms with van der Waals surface area (Å²) in [5, 5.41) is 1.20. The number of nitrogens with zero attached hydrogens (tertiary/aromatic N) is 1. The van der Waals surface area contributed by atoms with Crippen molar-refractivity contribution in [3.63, 3.8) is 0 Å². The molecule has 0 N–H and O–H groups in total. The molecule has 0 spiro atoms. The van der Waals surface area contributed by atoms with Crippen LogP contribution in [-0.2, 0) is 0 Å². The second-order valence-electron chi connectivity index (χ2n) is 4.66. The van der Waals surface area contributed by atoms with E-state index in [1.807, 2.05) is 0 Å². The van der Waals surface area contributed by atoms with Crippen LogP contribution in [0.4, 0.5) is 0 Å². The van der Waals surface area contributed by atoms with Crippen LogP contribution in [0.15, 0.2) is 54.6 Å². The van der Waals surface area contributed by atoms with Gasteiger partial charge in [0.2, 0.25) is 0 Å². The fraction of sp³-hybridized carbons (Fsp3) is 0.118. The minimum atomic E-state index is 1.05. The lowest BCUT2D eigenvalue weighted by molar-refractivity contribution is 1.34. The van der Waals surface area contributed by atoms with Gasteiger partial charge < -0.3 is 0 Å². The molecule has 1 heteroatoms. The summed E-state index contributed by atoms with van der Waals surface area (Å²) in [6.07, 6.45) is 0. The number of para-hydroxylation sites is 1. The van der Waals surface area contributed by atoms with Crippen molar-refractivity contribution >= 4 is 10.9 Å². The predicted molar refractivity (Wildman–Crippen MR) is 76.7 cm³/mol. The molecule has 88 valence electrons. The highest BCUT2D eigenvalue weighted by Crippen LogP contribution is 2.24. The van der Waals surface area contributed by atoms with Gasteiger partial charge in [0.25, 0.3) is 0 Å². The SMILES string of the molecule is Cc1ccccc1-c1ccc2cccc(C)c2n1. The van der Waals surface area contributed by atoms with Crippen LogP contribution >= 0.6 is 0 Å². The number of aromatic nitrogens is 1. The van der Waals surface area contributed by atoms with Gasteiger partial charge in [-0.2, -0.15) is 0 Å². The number of hydrogen-bond acceptors (Lipinski definition) is 1. The van der Waals surface area contributed by atoms with E-state index in [1.165, 1.54) is 22.1 Å². The van der Waals surface area contributed by atoms with E-state index in [4.69, 9.17) is 4.98 Å². The van der Waals surface area contributed by atoms with Gasteiger partial charge in [0.05, 0.1) is 11.2 Å². The Morgan fingerprint density at radius 1 is 0.722 bits per heavy atom. The van der Waals surface area contributed by atoms with Crippen molar-refractivity contribution < 1.29 is 0 Å². The molecule has 18 heavy (non-hydrogen) atoms.